The molecule has 3 rings (SSSR count). The molecule has 0 aliphatic carbocycles. The number of rotatable bonds is 3. The number of hydrogen-bond acceptors (Lipinski definition) is 5. The van der Waals surface area contributed by atoms with Crippen LogP contribution in [0.3, 0.4) is 0 Å². The molecule has 0 radical (unpaired) electrons. The van der Waals surface area contributed by atoms with Gasteiger partial charge in [0.2, 0.25) is 0 Å². The van der Waals surface area contributed by atoms with E-state index in [9.17, 15) is 0 Å². The van der Waals surface area contributed by atoms with Crippen molar-refractivity contribution in [1.29, 1.82) is 0 Å². The van der Waals surface area contributed by atoms with Gasteiger partial charge in [-0.2, -0.15) is 0 Å². The molecular formula is C14H19N5O. The van der Waals surface area contributed by atoms with Gasteiger partial charge in [0.25, 0.3) is 0 Å². The monoisotopic (exact) mass is 273 g/mol. The van der Waals surface area contributed by atoms with Gasteiger partial charge < -0.3 is 10.5 Å². The number of nitrogens with two attached hydrogens (primary N) is 1. The van der Waals surface area contributed by atoms with Crippen LogP contribution in [0.4, 0.5) is 5.69 Å². The first-order valence-corrected chi connectivity index (χ1v) is 6.97. The summed E-state index contributed by atoms with van der Waals surface area (Å²) >= 11 is 0. The Labute approximate surface area is 117 Å². The maximum Gasteiger partial charge on any atom is 0.182 e. The lowest BCUT2D eigenvalue weighted by molar-refractivity contribution is 0.0495. The highest BCUT2D eigenvalue weighted by atomic mass is 16.5. The van der Waals surface area contributed by atoms with Crippen molar-refractivity contribution in [2.45, 2.75) is 25.8 Å². The van der Waals surface area contributed by atoms with Crippen LogP contribution in [-0.4, -0.2) is 33.4 Å². The number of anilines is 1. The minimum Gasteiger partial charge on any atom is -0.399 e. The summed E-state index contributed by atoms with van der Waals surface area (Å²) in [6.45, 7) is 3.82. The first kappa shape index (κ1) is 13.1. The molecule has 0 spiro atoms. The summed E-state index contributed by atoms with van der Waals surface area (Å²) in [5.74, 6) is 1.32. The quantitative estimate of drug-likeness (QED) is 0.864. The molecule has 6 heteroatoms. The first-order chi connectivity index (χ1) is 9.75. The maximum absolute atomic E-state index is 5.84. The molecule has 1 unspecified atom stereocenters. The second-order valence-corrected chi connectivity index (χ2v) is 5.26. The third kappa shape index (κ3) is 2.51. The molecule has 1 saturated heterocycles. The standard InChI is InChI=1S/C14H19N5O/c1-10(11-5-7-20-8-6-11)19-14(16-17-18-19)12-3-2-4-13(15)9-12/h2-4,9-11H,5-8,15H2,1H3. The second kappa shape index (κ2) is 5.58. The van der Waals surface area contributed by atoms with E-state index in [0.29, 0.717) is 5.92 Å². The highest BCUT2D eigenvalue weighted by Gasteiger charge is 2.25. The number of aromatic nitrogens is 4. The summed E-state index contributed by atoms with van der Waals surface area (Å²) in [5, 5.41) is 12.2. The number of ether oxygens (including phenoxy) is 1. The molecule has 20 heavy (non-hydrogen) atoms. The summed E-state index contributed by atoms with van der Waals surface area (Å²) in [4.78, 5) is 0. The van der Waals surface area contributed by atoms with Gasteiger partial charge in [-0.15, -0.1) is 5.10 Å². The topological polar surface area (TPSA) is 78.8 Å². The van der Waals surface area contributed by atoms with E-state index in [4.69, 9.17) is 10.5 Å². The lowest BCUT2D eigenvalue weighted by atomic mass is 9.93. The number of benzene rings is 1. The van der Waals surface area contributed by atoms with Crippen molar-refractivity contribution in [2.75, 3.05) is 18.9 Å². The van der Waals surface area contributed by atoms with E-state index in [-0.39, 0.29) is 6.04 Å². The molecule has 1 atom stereocenters. The van der Waals surface area contributed by atoms with E-state index in [1.165, 1.54) is 0 Å². The van der Waals surface area contributed by atoms with Crippen molar-refractivity contribution in [2.24, 2.45) is 5.92 Å². The predicted molar refractivity (Wildman–Crippen MR) is 75.9 cm³/mol. The van der Waals surface area contributed by atoms with Crippen LogP contribution >= 0.6 is 0 Å². The molecule has 1 aliphatic rings. The lowest BCUT2D eigenvalue weighted by Gasteiger charge is -2.28. The summed E-state index contributed by atoms with van der Waals surface area (Å²) in [5.41, 5.74) is 7.51. The van der Waals surface area contributed by atoms with Crippen molar-refractivity contribution in [1.82, 2.24) is 20.2 Å². The van der Waals surface area contributed by atoms with Crippen LogP contribution in [0.15, 0.2) is 24.3 Å². The number of nitrogens with zero attached hydrogens (tertiary/aromatic N) is 4. The molecule has 6 nitrogen and oxygen atoms in total. The fraction of sp³-hybridized carbons (Fsp3) is 0.500. The fourth-order valence-corrected chi connectivity index (χ4v) is 2.73. The number of tetrazole rings is 1. The first-order valence-electron chi connectivity index (χ1n) is 6.97. The molecule has 1 aromatic heterocycles. The summed E-state index contributed by atoms with van der Waals surface area (Å²) in [6.07, 6.45) is 2.11. The molecule has 0 bridgehead atoms. The van der Waals surface area contributed by atoms with Crippen LogP contribution in [-0.2, 0) is 4.74 Å². The van der Waals surface area contributed by atoms with E-state index >= 15 is 0 Å². The van der Waals surface area contributed by atoms with Crippen LogP contribution in [0.25, 0.3) is 11.4 Å². The van der Waals surface area contributed by atoms with Gasteiger partial charge in [-0.3, -0.25) is 0 Å². The third-order valence-electron chi connectivity index (χ3n) is 3.97. The van der Waals surface area contributed by atoms with Crippen LogP contribution < -0.4 is 5.73 Å². The average Bonchev–Trinajstić information content (AvgIpc) is 2.97. The molecule has 106 valence electrons. The molecule has 1 aliphatic heterocycles. The van der Waals surface area contributed by atoms with Crippen molar-refractivity contribution in [3.05, 3.63) is 24.3 Å². The molecule has 2 aromatic rings. The highest BCUT2D eigenvalue weighted by Crippen LogP contribution is 2.30. The van der Waals surface area contributed by atoms with Gasteiger partial charge in [0.05, 0.1) is 6.04 Å². The Morgan fingerprint density at radius 1 is 1.35 bits per heavy atom. The Morgan fingerprint density at radius 2 is 2.15 bits per heavy atom. The van der Waals surface area contributed by atoms with E-state index in [2.05, 4.69) is 22.4 Å². The molecule has 2 heterocycles. The Bertz CT molecular complexity index is 576. The van der Waals surface area contributed by atoms with Crippen LogP contribution in [0, 0.1) is 5.92 Å². The minimum absolute atomic E-state index is 0.255. The van der Waals surface area contributed by atoms with Crippen LogP contribution in [0.1, 0.15) is 25.8 Å². The van der Waals surface area contributed by atoms with Gasteiger partial charge in [0, 0.05) is 24.5 Å². The maximum atomic E-state index is 5.84. The largest absolute Gasteiger partial charge is 0.399 e. The van der Waals surface area contributed by atoms with Crippen LogP contribution in [0.2, 0.25) is 0 Å². The summed E-state index contributed by atoms with van der Waals surface area (Å²) in [6, 6.07) is 7.92. The molecule has 1 fully saturated rings. The minimum atomic E-state index is 0.255. The summed E-state index contributed by atoms with van der Waals surface area (Å²) < 4.78 is 7.33. The Morgan fingerprint density at radius 3 is 2.90 bits per heavy atom. The SMILES string of the molecule is CC(C1CCOCC1)n1nnnc1-c1cccc(N)c1. The molecule has 0 amide bonds. The van der Waals surface area contributed by atoms with Gasteiger partial charge >= 0.3 is 0 Å². The predicted octanol–water partition coefficient (Wildman–Crippen LogP) is 1.91. The van der Waals surface area contributed by atoms with E-state index < -0.39 is 0 Å². The fourth-order valence-electron chi connectivity index (χ4n) is 2.73. The third-order valence-corrected chi connectivity index (χ3v) is 3.97. The van der Waals surface area contributed by atoms with Crippen molar-refractivity contribution in [3.63, 3.8) is 0 Å². The second-order valence-electron chi connectivity index (χ2n) is 5.26. The Hall–Kier alpha value is -1.95. The van der Waals surface area contributed by atoms with E-state index in [0.717, 1.165) is 43.1 Å². The smallest absolute Gasteiger partial charge is 0.182 e. The van der Waals surface area contributed by atoms with Gasteiger partial charge in [-0.25, -0.2) is 4.68 Å². The van der Waals surface area contributed by atoms with Gasteiger partial charge in [-0.05, 0) is 48.2 Å². The summed E-state index contributed by atoms with van der Waals surface area (Å²) in [7, 11) is 0. The average molecular weight is 273 g/mol. The Kier molecular flexibility index (Phi) is 3.64. The molecule has 2 N–H and O–H groups in total. The lowest BCUT2D eigenvalue weighted by Crippen LogP contribution is -2.25. The van der Waals surface area contributed by atoms with E-state index in [1.54, 1.807) is 0 Å². The van der Waals surface area contributed by atoms with Gasteiger partial charge in [0.15, 0.2) is 5.82 Å². The van der Waals surface area contributed by atoms with Crippen LogP contribution in [0.5, 0.6) is 0 Å². The van der Waals surface area contributed by atoms with Crippen molar-refractivity contribution >= 4 is 5.69 Å². The number of hydrogen-bond donors (Lipinski definition) is 1. The highest BCUT2D eigenvalue weighted by molar-refractivity contribution is 5.60. The molecule has 1 aromatic carbocycles. The zero-order valence-electron chi connectivity index (χ0n) is 11.6. The van der Waals surface area contributed by atoms with E-state index in [1.807, 2.05) is 28.9 Å². The normalized spacial score (nSPS) is 18.1. The number of nitrogen functional groups attached to an aromatic ring is 1. The van der Waals surface area contributed by atoms with Crippen molar-refractivity contribution in [3.8, 4) is 11.4 Å². The Balaban J connectivity index is 1.89. The van der Waals surface area contributed by atoms with Gasteiger partial charge in [0.1, 0.15) is 0 Å². The zero-order chi connectivity index (χ0) is 13.9. The van der Waals surface area contributed by atoms with Crippen molar-refractivity contribution < 1.29 is 4.74 Å². The molecule has 0 saturated carbocycles. The zero-order valence-corrected chi connectivity index (χ0v) is 11.6. The van der Waals surface area contributed by atoms with Gasteiger partial charge in [-0.1, -0.05) is 12.1 Å². The molecular weight excluding hydrogens is 254 g/mol.